The highest BCUT2D eigenvalue weighted by atomic mass is 32.3. The van der Waals surface area contributed by atoms with Crippen molar-refractivity contribution in [2.75, 3.05) is 19.1 Å². The Balaban J connectivity index is 1.41. The average Bonchev–Trinajstić information content (AvgIpc) is 3.22. The minimum absolute atomic E-state index is 0.245. The number of rotatable bonds is 9. The van der Waals surface area contributed by atoms with Crippen LogP contribution in [-0.2, 0) is 19.9 Å². The Kier molecular flexibility index (Phi) is 7.68. The highest BCUT2D eigenvalue weighted by molar-refractivity contribution is 8.29. The van der Waals surface area contributed by atoms with Crippen LogP contribution in [0.5, 0.6) is 0 Å². The maximum atomic E-state index is 6.23. The van der Waals surface area contributed by atoms with Gasteiger partial charge in [0, 0.05) is 23.8 Å². The van der Waals surface area contributed by atoms with Gasteiger partial charge in [-0.2, -0.15) is 0 Å². The van der Waals surface area contributed by atoms with Crippen molar-refractivity contribution < 1.29 is 13.5 Å². The number of fused-ring (bicyclic) bond motifs is 1. The summed E-state index contributed by atoms with van der Waals surface area (Å²) in [6, 6.07) is 4.64. The first-order valence-corrected chi connectivity index (χ1v) is 15.5. The fourth-order valence-electron chi connectivity index (χ4n) is 3.30. The van der Waals surface area contributed by atoms with E-state index in [4.69, 9.17) is 13.5 Å². The van der Waals surface area contributed by atoms with Crippen LogP contribution in [-0.4, -0.2) is 42.2 Å². The van der Waals surface area contributed by atoms with Crippen molar-refractivity contribution in [3.63, 3.8) is 0 Å². The zero-order chi connectivity index (χ0) is 23.1. The zero-order valence-corrected chi connectivity index (χ0v) is 23.4. The second-order valence-corrected chi connectivity index (χ2v) is 17.2. The smallest absolute Gasteiger partial charge is 0.399 e. The van der Waals surface area contributed by atoms with E-state index in [1.165, 1.54) is 51.2 Å². The molecule has 3 heterocycles. The van der Waals surface area contributed by atoms with E-state index in [1.807, 2.05) is 22.7 Å². The third-order valence-electron chi connectivity index (χ3n) is 6.93. The summed E-state index contributed by atoms with van der Waals surface area (Å²) in [4.78, 5) is 1.50. The highest BCUT2D eigenvalue weighted by Gasteiger charge is 2.52. The Morgan fingerprint density at radius 2 is 1.48 bits per heavy atom. The molecule has 1 aliphatic rings. The van der Waals surface area contributed by atoms with Crippen LogP contribution >= 0.6 is 33.0 Å². The summed E-state index contributed by atoms with van der Waals surface area (Å²) in [5.41, 5.74) is -0.565. The lowest BCUT2D eigenvalue weighted by Crippen LogP contribution is -2.41. The molecule has 0 aliphatic carbocycles. The monoisotopic (exact) mass is 484 g/mol. The third-order valence-corrected chi connectivity index (χ3v) is 13.0. The molecular weight excluding hydrogens is 443 g/mol. The molecule has 0 N–H and O–H groups in total. The van der Waals surface area contributed by atoms with E-state index in [0.717, 1.165) is 6.61 Å². The Bertz CT molecular complexity index is 829. The summed E-state index contributed by atoms with van der Waals surface area (Å²) < 4.78 is 22.8. The van der Waals surface area contributed by atoms with E-state index in [0.29, 0.717) is 0 Å². The summed E-state index contributed by atoms with van der Waals surface area (Å²) in [5, 5.41) is 0. The van der Waals surface area contributed by atoms with Gasteiger partial charge in [-0.15, -0.1) is 33.0 Å². The second-order valence-electron chi connectivity index (χ2n) is 11.0. The lowest BCUT2D eigenvalue weighted by Gasteiger charge is -2.43. The molecule has 3 nitrogen and oxygen atoms in total. The van der Waals surface area contributed by atoms with Gasteiger partial charge in [-0.3, -0.25) is 0 Å². The van der Waals surface area contributed by atoms with E-state index >= 15 is 0 Å². The van der Waals surface area contributed by atoms with Crippen molar-refractivity contribution in [3.8, 4) is 0 Å². The molecule has 0 amide bonds. The molecule has 0 saturated carbocycles. The molecule has 0 bridgehead atoms. The fourth-order valence-corrected chi connectivity index (χ4v) is 6.62. The molecule has 0 atom stereocenters. The van der Waals surface area contributed by atoms with E-state index in [1.54, 1.807) is 0 Å². The largest absolute Gasteiger partial charge is 0.505 e. The molecule has 1 saturated heterocycles. The van der Waals surface area contributed by atoms with Gasteiger partial charge in [-0.1, -0.05) is 33.6 Å². The molecule has 176 valence electrons. The quantitative estimate of drug-likeness (QED) is 0.279. The first kappa shape index (κ1) is 25.6. The third kappa shape index (κ3) is 5.91. The minimum atomic E-state index is -0.980. The lowest BCUT2D eigenvalue weighted by molar-refractivity contribution is 0.00578. The highest BCUT2D eigenvalue weighted by Crippen LogP contribution is 2.53. The van der Waals surface area contributed by atoms with Gasteiger partial charge < -0.3 is 13.5 Å². The predicted octanol–water partition coefficient (Wildman–Crippen LogP) is 7.16. The Morgan fingerprint density at radius 3 is 2.06 bits per heavy atom. The van der Waals surface area contributed by atoms with Crippen molar-refractivity contribution in [1.82, 2.24) is 0 Å². The van der Waals surface area contributed by atoms with E-state index < -0.39 is 10.3 Å². The van der Waals surface area contributed by atoms with E-state index in [2.05, 4.69) is 73.1 Å². The normalized spacial score (nSPS) is 19.5. The van der Waals surface area contributed by atoms with Crippen LogP contribution < -0.4 is 4.78 Å². The van der Waals surface area contributed by atoms with Crippen LogP contribution in [0.3, 0.4) is 0 Å². The van der Waals surface area contributed by atoms with Crippen LogP contribution in [0.4, 0.5) is 0 Å². The van der Waals surface area contributed by atoms with E-state index in [9.17, 15) is 0 Å². The summed E-state index contributed by atoms with van der Waals surface area (Å²) >= 11 is 3.75. The number of aryl methyl sites for hydroxylation is 1. The molecule has 0 spiro atoms. The van der Waals surface area contributed by atoms with Crippen LogP contribution in [0.2, 0.25) is 0 Å². The van der Waals surface area contributed by atoms with Crippen molar-refractivity contribution in [2.24, 2.45) is 0 Å². The van der Waals surface area contributed by atoms with Gasteiger partial charge in [0.1, 0.15) is 0 Å². The summed E-state index contributed by atoms with van der Waals surface area (Å²) in [6.07, 6.45) is 10.7. The number of hydrogen-bond acceptors (Lipinski definition) is 5. The molecule has 31 heavy (non-hydrogen) atoms. The Labute approximate surface area is 199 Å². The van der Waals surface area contributed by atoms with E-state index in [-0.39, 0.29) is 23.1 Å². The van der Waals surface area contributed by atoms with Gasteiger partial charge in [0.05, 0.1) is 17.8 Å². The Morgan fingerprint density at radius 1 is 0.903 bits per heavy atom. The van der Waals surface area contributed by atoms with Crippen molar-refractivity contribution >= 4 is 54.3 Å². The molecule has 2 aromatic heterocycles. The molecule has 0 unspecified atom stereocenters. The molecule has 0 radical (unpaired) electrons. The average molecular weight is 485 g/mol. The number of thiophene rings is 2. The molecule has 2 aromatic rings. The first-order valence-electron chi connectivity index (χ1n) is 11.5. The van der Waals surface area contributed by atoms with Gasteiger partial charge in [-0.05, 0) is 71.6 Å². The summed E-state index contributed by atoms with van der Waals surface area (Å²) in [7, 11) is -1.22. The van der Waals surface area contributed by atoms with Crippen LogP contribution in [0.1, 0.15) is 79.0 Å². The Hall–Kier alpha value is -0.0451. The van der Waals surface area contributed by atoms with Gasteiger partial charge >= 0.3 is 7.12 Å². The molecule has 0 aromatic carbocycles. The zero-order valence-electron chi connectivity index (χ0n) is 20.9. The maximum absolute atomic E-state index is 6.23. The molecule has 1 fully saturated rings. The number of unbranched alkanes of at least 4 members (excludes halogenated alkanes) is 3. The molecule has 1 aliphatic heterocycles. The SMILES string of the molecule is CC1(C)OB(c2cc3sc(CCCCCCOS(C)(C)C(C)(C)C)cc3s2)OC1(C)C. The summed E-state index contributed by atoms with van der Waals surface area (Å²) in [5.74, 6) is 0. The van der Waals surface area contributed by atoms with Gasteiger partial charge in [0.25, 0.3) is 0 Å². The van der Waals surface area contributed by atoms with Crippen LogP contribution in [0, 0.1) is 0 Å². The van der Waals surface area contributed by atoms with Gasteiger partial charge in [0.15, 0.2) is 0 Å². The maximum Gasteiger partial charge on any atom is 0.505 e. The minimum Gasteiger partial charge on any atom is -0.399 e. The molecule has 7 heteroatoms. The van der Waals surface area contributed by atoms with Gasteiger partial charge in [0.2, 0.25) is 0 Å². The van der Waals surface area contributed by atoms with Crippen LogP contribution in [0.25, 0.3) is 9.40 Å². The van der Waals surface area contributed by atoms with Crippen molar-refractivity contribution in [1.29, 1.82) is 0 Å². The predicted molar refractivity (Wildman–Crippen MR) is 143 cm³/mol. The van der Waals surface area contributed by atoms with Crippen molar-refractivity contribution in [3.05, 3.63) is 17.0 Å². The standard InChI is InChI=1S/C24H41BO3S3/c1-22(2,3)31(8,9)26-15-13-11-10-12-14-18-16-19-20(29-18)17-21(30-19)25-27-23(4,5)24(6,7)28-25/h16-17H,10-15H2,1-9H3. The van der Waals surface area contributed by atoms with Crippen LogP contribution in [0.15, 0.2) is 12.1 Å². The number of hydrogen-bond donors (Lipinski definition) is 0. The van der Waals surface area contributed by atoms with Crippen molar-refractivity contribution in [2.45, 2.75) is 96.5 Å². The second kappa shape index (κ2) is 9.30. The summed E-state index contributed by atoms with van der Waals surface area (Å²) in [6.45, 7) is 16.2. The fraction of sp³-hybridized carbons (Fsp3) is 0.750. The van der Waals surface area contributed by atoms with Gasteiger partial charge in [-0.25, -0.2) is 0 Å². The molecular formula is C24H41BO3S3. The molecule has 3 rings (SSSR count). The lowest BCUT2D eigenvalue weighted by atomic mass is 9.88. The topological polar surface area (TPSA) is 27.7 Å². The first-order chi connectivity index (χ1) is 14.2.